The molecule has 0 saturated heterocycles. The molecule has 0 saturated carbocycles. The molecule has 0 spiro atoms. The number of halogens is 2. The molecule has 3 nitrogen and oxygen atoms in total. The molecule has 0 heterocycles. The Balaban J connectivity index is 2.30. The molecule has 3 N–H and O–H groups in total. The zero-order valence-corrected chi connectivity index (χ0v) is 12.0. The summed E-state index contributed by atoms with van der Waals surface area (Å²) < 4.78 is 32.1. The van der Waals surface area contributed by atoms with E-state index in [0.29, 0.717) is 11.4 Å². The topological polar surface area (TPSA) is 47.3 Å². The Kier molecular flexibility index (Phi) is 4.75. The molecule has 1 atom stereocenters. The Labute approximate surface area is 122 Å². The maximum atomic E-state index is 13.9. The van der Waals surface area contributed by atoms with E-state index in [1.165, 1.54) is 25.3 Å². The second kappa shape index (κ2) is 6.54. The summed E-state index contributed by atoms with van der Waals surface area (Å²) in [5.74, 6) is -0.154. The SMILES string of the molecule is COc1ccc(F)c(NC(CN)c2ccc(F)cc2C)c1. The van der Waals surface area contributed by atoms with Crippen LogP contribution in [0, 0.1) is 18.6 Å². The summed E-state index contributed by atoms with van der Waals surface area (Å²) in [7, 11) is 1.52. The molecule has 0 aliphatic rings. The van der Waals surface area contributed by atoms with E-state index < -0.39 is 5.82 Å². The van der Waals surface area contributed by atoms with E-state index in [4.69, 9.17) is 10.5 Å². The van der Waals surface area contributed by atoms with Gasteiger partial charge in [0.1, 0.15) is 17.4 Å². The van der Waals surface area contributed by atoms with Gasteiger partial charge in [0, 0.05) is 12.6 Å². The van der Waals surface area contributed by atoms with Gasteiger partial charge in [-0.2, -0.15) is 0 Å². The minimum atomic E-state index is -0.394. The number of ether oxygens (including phenoxy) is 1. The monoisotopic (exact) mass is 292 g/mol. The lowest BCUT2D eigenvalue weighted by Gasteiger charge is -2.21. The summed E-state index contributed by atoms with van der Waals surface area (Å²) in [4.78, 5) is 0. The first-order chi connectivity index (χ1) is 10.0. The van der Waals surface area contributed by atoms with Crippen LogP contribution in [0.3, 0.4) is 0 Å². The Morgan fingerprint density at radius 3 is 2.57 bits per heavy atom. The lowest BCUT2D eigenvalue weighted by atomic mass is 10.0. The lowest BCUT2D eigenvalue weighted by molar-refractivity contribution is 0.414. The Morgan fingerprint density at radius 2 is 1.95 bits per heavy atom. The number of hydrogen-bond acceptors (Lipinski definition) is 3. The van der Waals surface area contributed by atoms with Crippen molar-refractivity contribution >= 4 is 5.69 Å². The van der Waals surface area contributed by atoms with Gasteiger partial charge in [0.05, 0.1) is 18.8 Å². The largest absolute Gasteiger partial charge is 0.497 e. The van der Waals surface area contributed by atoms with E-state index in [1.54, 1.807) is 25.1 Å². The summed E-state index contributed by atoms with van der Waals surface area (Å²) in [5, 5.41) is 3.05. The van der Waals surface area contributed by atoms with Crippen molar-refractivity contribution in [2.24, 2.45) is 5.73 Å². The number of hydrogen-bond donors (Lipinski definition) is 2. The van der Waals surface area contributed by atoms with E-state index in [9.17, 15) is 8.78 Å². The molecule has 0 fully saturated rings. The molecule has 0 aliphatic heterocycles. The van der Waals surface area contributed by atoms with Gasteiger partial charge in [0.2, 0.25) is 0 Å². The molecule has 1 unspecified atom stereocenters. The summed E-state index contributed by atoms with van der Waals surface area (Å²) in [6.45, 7) is 2.05. The number of nitrogens with two attached hydrogens (primary N) is 1. The predicted octanol–water partition coefficient (Wildman–Crippen LogP) is 3.39. The van der Waals surface area contributed by atoms with Crippen molar-refractivity contribution in [1.29, 1.82) is 0 Å². The van der Waals surface area contributed by atoms with Crippen molar-refractivity contribution in [3.05, 3.63) is 59.2 Å². The molecule has 0 bridgehead atoms. The van der Waals surface area contributed by atoms with Gasteiger partial charge >= 0.3 is 0 Å². The second-order valence-corrected chi connectivity index (χ2v) is 4.78. The lowest BCUT2D eigenvalue weighted by Crippen LogP contribution is -2.22. The second-order valence-electron chi connectivity index (χ2n) is 4.78. The molecular weight excluding hydrogens is 274 g/mol. The van der Waals surface area contributed by atoms with Crippen LogP contribution in [-0.4, -0.2) is 13.7 Å². The molecule has 112 valence electrons. The van der Waals surface area contributed by atoms with Crippen LogP contribution < -0.4 is 15.8 Å². The molecular formula is C16H18F2N2O. The van der Waals surface area contributed by atoms with E-state index in [2.05, 4.69) is 5.32 Å². The molecule has 0 amide bonds. The van der Waals surface area contributed by atoms with Crippen molar-refractivity contribution in [2.75, 3.05) is 19.0 Å². The first-order valence-corrected chi connectivity index (χ1v) is 6.61. The highest BCUT2D eigenvalue weighted by Gasteiger charge is 2.15. The molecule has 21 heavy (non-hydrogen) atoms. The fraction of sp³-hybridized carbons (Fsp3) is 0.250. The molecule has 0 radical (unpaired) electrons. The van der Waals surface area contributed by atoms with E-state index >= 15 is 0 Å². The van der Waals surface area contributed by atoms with Gasteiger partial charge in [-0.05, 0) is 42.3 Å². The number of anilines is 1. The number of benzene rings is 2. The predicted molar refractivity (Wildman–Crippen MR) is 79.5 cm³/mol. The van der Waals surface area contributed by atoms with Crippen molar-refractivity contribution in [1.82, 2.24) is 0 Å². The summed E-state index contributed by atoms with van der Waals surface area (Å²) in [5.41, 5.74) is 7.67. The zero-order valence-electron chi connectivity index (χ0n) is 12.0. The van der Waals surface area contributed by atoms with Gasteiger partial charge in [-0.3, -0.25) is 0 Å². The minimum absolute atomic E-state index is 0.253. The highest BCUT2D eigenvalue weighted by molar-refractivity contribution is 5.52. The molecule has 0 aromatic heterocycles. The van der Waals surface area contributed by atoms with E-state index in [1.807, 2.05) is 0 Å². The fourth-order valence-corrected chi connectivity index (χ4v) is 2.22. The Morgan fingerprint density at radius 1 is 1.19 bits per heavy atom. The van der Waals surface area contributed by atoms with Crippen molar-refractivity contribution in [3.63, 3.8) is 0 Å². The standard InChI is InChI=1S/C16H18F2N2O/c1-10-7-11(17)3-5-13(10)16(9-19)20-15-8-12(21-2)4-6-14(15)18/h3-8,16,20H,9,19H2,1-2H3. The minimum Gasteiger partial charge on any atom is -0.497 e. The average molecular weight is 292 g/mol. The van der Waals surface area contributed by atoms with Crippen LogP contribution in [0.15, 0.2) is 36.4 Å². The first kappa shape index (κ1) is 15.3. The number of nitrogens with one attached hydrogen (secondary N) is 1. The molecule has 2 rings (SSSR count). The summed E-state index contributed by atoms with van der Waals surface area (Å²) >= 11 is 0. The smallest absolute Gasteiger partial charge is 0.146 e. The fourth-order valence-electron chi connectivity index (χ4n) is 2.22. The maximum absolute atomic E-state index is 13.9. The van der Waals surface area contributed by atoms with Crippen LogP contribution in [0.5, 0.6) is 5.75 Å². The summed E-state index contributed by atoms with van der Waals surface area (Å²) in [6.07, 6.45) is 0. The zero-order chi connectivity index (χ0) is 15.4. The Bertz CT molecular complexity index is 632. The van der Waals surface area contributed by atoms with Gasteiger partial charge in [-0.25, -0.2) is 8.78 Å². The van der Waals surface area contributed by atoms with Crippen LogP contribution in [0.1, 0.15) is 17.2 Å². The van der Waals surface area contributed by atoms with Gasteiger partial charge < -0.3 is 15.8 Å². The van der Waals surface area contributed by atoms with E-state index in [0.717, 1.165) is 11.1 Å². The van der Waals surface area contributed by atoms with Crippen molar-refractivity contribution < 1.29 is 13.5 Å². The van der Waals surface area contributed by atoms with Crippen LogP contribution in [0.25, 0.3) is 0 Å². The normalized spacial score (nSPS) is 12.0. The highest BCUT2D eigenvalue weighted by atomic mass is 19.1. The van der Waals surface area contributed by atoms with Gasteiger partial charge in [-0.15, -0.1) is 0 Å². The highest BCUT2D eigenvalue weighted by Crippen LogP contribution is 2.27. The molecule has 0 aliphatic carbocycles. The first-order valence-electron chi connectivity index (χ1n) is 6.61. The molecule has 2 aromatic carbocycles. The summed E-state index contributed by atoms with van der Waals surface area (Å²) in [6, 6.07) is 8.58. The average Bonchev–Trinajstić information content (AvgIpc) is 2.47. The third-order valence-electron chi connectivity index (χ3n) is 3.35. The van der Waals surface area contributed by atoms with Gasteiger partial charge in [0.15, 0.2) is 0 Å². The van der Waals surface area contributed by atoms with E-state index in [-0.39, 0.29) is 18.4 Å². The van der Waals surface area contributed by atoms with Crippen LogP contribution in [0.2, 0.25) is 0 Å². The number of methoxy groups -OCH3 is 1. The van der Waals surface area contributed by atoms with Crippen LogP contribution >= 0.6 is 0 Å². The quantitative estimate of drug-likeness (QED) is 0.888. The van der Waals surface area contributed by atoms with Gasteiger partial charge in [0.25, 0.3) is 0 Å². The number of rotatable bonds is 5. The van der Waals surface area contributed by atoms with Crippen molar-refractivity contribution in [3.8, 4) is 5.75 Å². The van der Waals surface area contributed by atoms with Crippen LogP contribution in [0.4, 0.5) is 14.5 Å². The van der Waals surface area contributed by atoms with Crippen molar-refractivity contribution in [2.45, 2.75) is 13.0 Å². The third kappa shape index (κ3) is 3.49. The number of aryl methyl sites for hydroxylation is 1. The third-order valence-corrected chi connectivity index (χ3v) is 3.35. The molecule has 5 heteroatoms. The van der Waals surface area contributed by atoms with Crippen LogP contribution in [-0.2, 0) is 0 Å². The maximum Gasteiger partial charge on any atom is 0.146 e. The van der Waals surface area contributed by atoms with Gasteiger partial charge in [-0.1, -0.05) is 6.07 Å². The molecule has 2 aromatic rings. The Hall–Kier alpha value is -2.14.